The number of carbonyl (C=O) groups is 1. The second-order valence-corrected chi connectivity index (χ2v) is 4.16. The molecule has 1 aliphatic heterocycles. The number of esters is 1. The first-order valence-corrected chi connectivity index (χ1v) is 6.17. The van der Waals surface area contributed by atoms with Gasteiger partial charge in [0.1, 0.15) is 5.75 Å². The molecule has 102 valence electrons. The maximum Gasteiger partial charge on any atom is 0.335 e. The Bertz CT molecular complexity index is 481. The quantitative estimate of drug-likeness (QED) is 0.781. The van der Waals surface area contributed by atoms with Crippen LogP contribution < -0.4 is 4.74 Å². The fourth-order valence-corrected chi connectivity index (χ4v) is 1.99. The van der Waals surface area contributed by atoms with Gasteiger partial charge in [-0.15, -0.1) is 0 Å². The summed E-state index contributed by atoms with van der Waals surface area (Å²) < 4.78 is 15.7. The molecule has 5 nitrogen and oxygen atoms in total. The molecular formula is C14H17NO4. The van der Waals surface area contributed by atoms with Crippen LogP contribution in [0.4, 0.5) is 0 Å². The fourth-order valence-electron chi connectivity index (χ4n) is 1.99. The second kappa shape index (κ2) is 5.73. The summed E-state index contributed by atoms with van der Waals surface area (Å²) in [5.74, 6) is 0.895. The van der Waals surface area contributed by atoms with E-state index in [0.29, 0.717) is 12.5 Å². The van der Waals surface area contributed by atoms with Gasteiger partial charge in [0.2, 0.25) is 0 Å². The van der Waals surface area contributed by atoms with E-state index in [1.54, 1.807) is 21.0 Å². The van der Waals surface area contributed by atoms with Gasteiger partial charge < -0.3 is 14.2 Å². The number of benzene rings is 1. The van der Waals surface area contributed by atoms with E-state index in [2.05, 4.69) is 4.99 Å². The zero-order valence-electron chi connectivity index (χ0n) is 11.3. The third-order valence-electron chi connectivity index (χ3n) is 2.88. The highest BCUT2D eigenvalue weighted by molar-refractivity contribution is 5.85. The molecule has 5 heteroatoms. The highest BCUT2D eigenvalue weighted by atomic mass is 16.5. The number of nitrogens with zero attached hydrogens (tertiary/aromatic N) is 1. The Balaban J connectivity index is 2.20. The van der Waals surface area contributed by atoms with Gasteiger partial charge >= 0.3 is 5.97 Å². The Morgan fingerprint density at radius 2 is 2.05 bits per heavy atom. The first-order valence-electron chi connectivity index (χ1n) is 6.17. The normalized spacial score (nSPS) is 21.5. The zero-order chi connectivity index (χ0) is 13.8. The predicted molar refractivity (Wildman–Crippen MR) is 70.4 cm³/mol. The van der Waals surface area contributed by atoms with Gasteiger partial charge in [0, 0.05) is 6.92 Å². The Hall–Kier alpha value is -2.04. The molecule has 0 saturated carbocycles. The van der Waals surface area contributed by atoms with E-state index < -0.39 is 12.1 Å². The molecule has 0 N–H and O–H groups in total. The third-order valence-corrected chi connectivity index (χ3v) is 2.88. The summed E-state index contributed by atoms with van der Waals surface area (Å²) in [7, 11) is 1.61. The highest BCUT2D eigenvalue weighted by Gasteiger charge is 2.37. The molecule has 1 aromatic rings. The molecule has 0 aromatic heterocycles. The molecule has 0 saturated heterocycles. The lowest BCUT2D eigenvalue weighted by Gasteiger charge is -2.17. The zero-order valence-corrected chi connectivity index (χ0v) is 11.3. The lowest BCUT2D eigenvalue weighted by atomic mass is 10.0. The monoisotopic (exact) mass is 263 g/mol. The number of ether oxygens (including phenoxy) is 3. The molecule has 0 spiro atoms. The molecule has 0 radical (unpaired) electrons. The lowest BCUT2D eigenvalue weighted by molar-refractivity contribution is -0.146. The molecule has 1 aromatic carbocycles. The van der Waals surface area contributed by atoms with Gasteiger partial charge in [-0.2, -0.15) is 0 Å². The molecule has 1 heterocycles. The minimum Gasteiger partial charge on any atom is -0.497 e. The van der Waals surface area contributed by atoms with Crippen molar-refractivity contribution in [3.8, 4) is 5.75 Å². The summed E-state index contributed by atoms with van der Waals surface area (Å²) in [6.07, 6.45) is -0.426. The molecule has 0 fully saturated rings. The van der Waals surface area contributed by atoms with Crippen LogP contribution in [0.1, 0.15) is 25.5 Å². The molecule has 2 rings (SSSR count). The van der Waals surface area contributed by atoms with Crippen molar-refractivity contribution in [2.45, 2.75) is 26.0 Å². The van der Waals surface area contributed by atoms with Crippen molar-refractivity contribution in [3.05, 3.63) is 29.8 Å². The van der Waals surface area contributed by atoms with Crippen LogP contribution in [-0.4, -0.2) is 31.6 Å². The molecular weight excluding hydrogens is 246 g/mol. The summed E-state index contributed by atoms with van der Waals surface area (Å²) in [5.41, 5.74) is 0.874. The first kappa shape index (κ1) is 13.4. The number of aliphatic imine (C=N–C) groups is 1. The Labute approximate surface area is 112 Å². The molecule has 1 aliphatic rings. The van der Waals surface area contributed by atoms with Gasteiger partial charge in [-0.25, -0.2) is 9.79 Å². The summed E-state index contributed by atoms with van der Waals surface area (Å²) in [6.45, 7) is 3.83. The summed E-state index contributed by atoms with van der Waals surface area (Å²) >= 11 is 0. The van der Waals surface area contributed by atoms with Crippen LogP contribution in [0.2, 0.25) is 0 Å². The summed E-state index contributed by atoms with van der Waals surface area (Å²) in [4.78, 5) is 16.1. The second-order valence-electron chi connectivity index (χ2n) is 4.16. The van der Waals surface area contributed by atoms with Crippen molar-refractivity contribution in [2.24, 2.45) is 4.99 Å². The number of rotatable bonds is 4. The number of methoxy groups -OCH3 is 1. The minimum atomic E-state index is -0.631. The largest absolute Gasteiger partial charge is 0.497 e. The molecule has 2 atom stereocenters. The van der Waals surface area contributed by atoms with Crippen molar-refractivity contribution < 1.29 is 19.0 Å². The average molecular weight is 263 g/mol. The van der Waals surface area contributed by atoms with Crippen LogP contribution in [0.25, 0.3) is 0 Å². The fraction of sp³-hybridized carbons (Fsp3) is 0.429. The number of hydrogen-bond donors (Lipinski definition) is 0. The van der Waals surface area contributed by atoms with Crippen LogP contribution in [0.3, 0.4) is 0 Å². The standard InChI is InChI=1S/C14H17NO4/c1-4-18-14(16)12-13(19-9(2)15-12)10-5-7-11(17-3)8-6-10/h5-8,12-13H,4H2,1-3H3. The molecule has 0 bridgehead atoms. The smallest absolute Gasteiger partial charge is 0.335 e. The molecule has 0 amide bonds. The van der Waals surface area contributed by atoms with Crippen molar-refractivity contribution in [3.63, 3.8) is 0 Å². The third kappa shape index (κ3) is 2.86. The SMILES string of the molecule is CCOC(=O)C1N=C(C)OC1c1ccc(OC)cc1. The van der Waals surface area contributed by atoms with Crippen molar-refractivity contribution in [1.82, 2.24) is 0 Å². The van der Waals surface area contributed by atoms with E-state index in [1.807, 2.05) is 24.3 Å². The lowest BCUT2D eigenvalue weighted by Crippen LogP contribution is -2.26. The van der Waals surface area contributed by atoms with Gasteiger partial charge in [0.25, 0.3) is 0 Å². The van der Waals surface area contributed by atoms with E-state index in [1.165, 1.54) is 0 Å². The van der Waals surface area contributed by atoms with Crippen LogP contribution in [0.15, 0.2) is 29.3 Å². The van der Waals surface area contributed by atoms with E-state index in [9.17, 15) is 4.79 Å². The van der Waals surface area contributed by atoms with E-state index in [0.717, 1.165) is 11.3 Å². The van der Waals surface area contributed by atoms with Crippen LogP contribution >= 0.6 is 0 Å². The van der Waals surface area contributed by atoms with Gasteiger partial charge in [0.05, 0.1) is 13.7 Å². The molecule has 19 heavy (non-hydrogen) atoms. The Morgan fingerprint density at radius 3 is 2.63 bits per heavy atom. The van der Waals surface area contributed by atoms with Crippen LogP contribution in [0, 0.1) is 0 Å². The number of hydrogen-bond acceptors (Lipinski definition) is 5. The summed E-state index contributed by atoms with van der Waals surface area (Å²) in [5, 5.41) is 0. The topological polar surface area (TPSA) is 57.1 Å². The van der Waals surface area contributed by atoms with E-state index in [4.69, 9.17) is 14.2 Å². The summed E-state index contributed by atoms with van der Waals surface area (Å²) in [6, 6.07) is 6.75. The minimum absolute atomic E-state index is 0.333. The predicted octanol–water partition coefficient (Wildman–Crippen LogP) is 2.12. The maximum atomic E-state index is 11.9. The van der Waals surface area contributed by atoms with E-state index in [-0.39, 0.29) is 5.97 Å². The highest BCUT2D eigenvalue weighted by Crippen LogP contribution is 2.31. The van der Waals surface area contributed by atoms with Gasteiger partial charge in [0.15, 0.2) is 18.0 Å². The van der Waals surface area contributed by atoms with Gasteiger partial charge in [-0.3, -0.25) is 0 Å². The molecule has 0 aliphatic carbocycles. The van der Waals surface area contributed by atoms with Gasteiger partial charge in [-0.1, -0.05) is 12.1 Å². The Morgan fingerprint density at radius 1 is 1.37 bits per heavy atom. The number of carbonyl (C=O) groups excluding carboxylic acids is 1. The van der Waals surface area contributed by atoms with Gasteiger partial charge in [-0.05, 0) is 24.6 Å². The maximum absolute atomic E-state index is 11.9. The van der Waals surface area contributed by atoms with Crippen LogP contribution in [-0.2, 0) is 14.3 Å². The van der Waals surface area contributed by atoms with Crippen molar-refractivity contribution in [2.75, 3.05) is 13.7 Å². The van der Waals surface area contributed by atoms with E-state index >= 15 is 0 Å². The Kier molecular flexibility index (Phi) is 4.04. The van der Waals surface area contributed by atoms with Crippen LogP contribution in [0.5, 0.6) is 5.75 Å². The van der Waals surface area contributed by atoms with Crippen molar-refractivity contribution >= 4 is 11.9 Å². The average Bonchev–Trinajstić information content (AvgIpc) is 2.81. The first-order chi connectivity index (χ1) is 9.15. The molecule has 2 unspecified atom stereocenters. The van der Waals surface area contributed by atoms with Crippen molar-refractivity contribution in [1.29, 1.82) is 0 Å².